The Morgan fingerprint density at radius 1 is 1.05 bits per heavy atom. The summed E-state index contributed by atoms with van der Waals surface area (Å²) in [4.78, 5) is 12.6. The van der Waals surface area contributed by atoms with Crippen LogP contribution in [-0.4, -0.2) is 5.11 Å². The molecule has 0 atom stereocenters. The number of hydrogen-bond donors (Lipinski definition) is 1. The molecule has 3 aromatic rings. The number of allylic oxidation sites excluding steroid dienone is 1. The van der Waals surface area contributed by atoms with Gasteiger partial charge in [-0.2, -0.15) is 0 Å². The Hall–Kier alpha value is -2.81. The number of phenolic OH excluding ortho intramolecular Hbond substituents is 1. The van der Waals surface area contributed by atoms with Crippen LogP contribution in [0.25, 0.3) is 22.6 Å². The molecular weight excluding hydrogens is 276 g/mol. The predicted octanol–water partition coefficient (Wildman–Crippen LogP) is 3.99. The van der Waals surface area contributed by atoms with Gasteiger partial charge in [-0.15, -0.1) is 0 Å². The third-order valence-corrected chi connectivity index (χ3v) is 4.04. The van der Waals surface area contributed by atoms with Crippen LogP contribution in [-0.2, 0) is 6.42 Å². The highest BCUT2D eigenvalue weighted by molar-refractivity contribution is 5.87. The van der Waals surface area contributed by atoms with Crippen molar-refractivity contribution in [2.45, 2.75) is 12.8 Å². The molecule has 1 aliphatic carbocycles. The van der Waals surface area contributed by atoms with Crippen LogP contribution in [0.5, 0.6) is 5.75 Å². The third-order valence-electron chi connectivity index (χ3n) is 4.04. The highest BCUT2D eigenvalue weighted by Crippen LogP contribution is 2.34. The summed E-state index contributed by atoms with van der Waals surface area (Å²) >= 11 is 0. The van der Waals surface area contributed by atoms with E-state index >= 15 is 0 Å². The zero-order chi connectivity index (χ0) is 15.1. The van der Waals surface area contributed by atoms with E-state index in [1.165, 1.54) is 12.1 Å². The fraction of sp³-hybridized carbons (Fsp3) is 0.105. The SMILES string of the molecule is O=c1c2c(oc3ccc(O)cc13)/C(=C/c1ccccc1)CC2. The Kier molecular flexibility index (Phi) is 2.86. The molecule has 0 radical (unpaired) electrons. The topological polar surface area (TPSA) is 50.4 Å². The van der Waals surface area contributed by atoms with E-state index in [0.29, 0.717) is 28.7 Å². The maximum Gasteiger partial charge on any atom is 0.196 e. The highest BCUT2D eigenvalue weighted by atomic mass is 16.3. The molecule has 1 heterocycles. The molecule has 108 valence electrons. The number of phenols is 1. The molecule has 3 heteroatoms. The van der Waals surface area contributed by atoms with E-state index in [0.717, 1.165) is 17.6 Å². The molecule has 0 saturated heterocycles. The fourth-order valence-electron chi connectivity index (χ4n) is 2.97. The van der Waals surface area contributed by atoms with E-state index in [9.17, 15) is 9.90 Å². The molecule has 0 aliphatic heterocycles. The highest BCUT2D eigenvalue weighted by Gasteiger charge is 2.23. The van der Waals surface area contributed by atoms with Crippen molar-refractivity contribution in [3.63, 3.8) is 0 Å². The number of hydrogen-bond acceptors (Lipinski definition) is 3. The summed E-state index contributed by atoms with van der Waals surface area (Å²) in [7, 11) is 0. The van der Waals surface area contributed by atoms with Crippen LogP contribution >= 0.6 is 0 Å². The van der Waals surface area contributed by atoms with Crippen molar-refractivity contribution in [2.75, 3.05) is 0 Å². The van der Waals surface area contributed by atoms with Gasteiger partial charge < -0.3 is 9.52 Å². The molecule has 0 fully saturated rings. The molecular formula is C19H14O3. The maximum absolute atomic E-state index is 12.6. The normalized spacial score (nSPS) is 15.4. The molecule has 0 amide bonds. The van der Waals surface area contributed by atoms with Crippen molar-refractivity contribution in [2.24, 2.45) is 0 Å². The van der Waals surface area contributed by atoms with Crippen LogP contribution in [0, 0.1) is 0 Å². The first-order valence-electron chi connectivity index (χ1n) is 7.27. The smallest absolute Gasteiger partial charge is 0.196 e. The van der Waals surface area contributed by atoms with Crippen molar-refractivity contribution in [1.82, 2.24) is 0 Å². The second-order valence-corrected chi connectivity index (χ2v) is 5.50. The van der Waals surface area contributed by atoms with Crippen LogP contribution in [0.1, 0.15) is 23.3 Å². The van der Waals surface area contributed by atoms with Crippen molar-refractivity contribution >= 4 is 22.6 Å². The number of rotatable bonds is 1. The molecule has 0 bridgehead atoms. The fourth-order valence-corrected chi connectivity index (χ4v) is 2.97. The minimum absolute atomic E-state index is 0.0383. The molecule has 4 rings (SSSR count). The van der Waals surface area contributed by atoms with Crippen molar-refractivity contribution in [3.8, 4) is 5.75 Å². The van der Waals surface area contributed by atoms with Crippen LogP contribution in [0.15, 0.2) is 57.7 Å². The Bertz CT molecular complexity index is 950. The van der Waals surface area contributed by atoms with E-state index in [1.807, 2.05) is 30.3 Å². The second-order valence-electron chi connectivity index (χ2n) is 5.50. The molecule has 3 nitrogen and oxygen atoms in total. The van der Waals surface area contributed by atoms with E-state index in [2.05, 4.69) is 6.08 Å². The van der Waals surface area contributed by atoms with Gasteiger partial charge in [0.05, 0.1) is 5.39 Å². The molecule has 0 spiro atoms. The maximum atomic E-state index is 12.6. The van der Waals surface area contributed by atoms with Crippen LogP contribution in [0.4, 0.5) is 0 Å². The summed E-state index contributed by atoms with van der Waals surface area (Å²) in [5.74, 6) is 0.768. The van der Waals surface area contributed by atoms with E-state index in [4.69, 9.17) is 4.42 Å². The first-order chi connectivity index (χ1) is 10.7. The van der Waals surface area contributed by atoms with Crippen LogP contribution in [0.3, 0.4) is 0 Å². The summed E-state index contributed by atoms with van der Waals surface area (Å²) < 4.78 is 5.95. The van der Waals surface area contributed by atoms with Crippen LogP contribution in [0.2, 0.25) is 0 Å². The monoisotopic (exact) mass is 290 g/mol. The van der Waals surface area contributed by atoms with Gasteiger partial charge in [0.15, 0.2) is 5.43 Å². The third kappa shape index (κ3) is 2.02. The number of benzene rings is 2. The molecule has 0 unspecified atom stereocenters. The van der Waals surface area contributed by atoms with Gasteiger partial charge in [-0.25, -0.2) is 0 Å². The molecule has 1 aliphatic rings. The van der Waals surface area contributed by atoms with Crippen molar-refractivity contribution in [3.05, 3.63) is 75.6 Å². The Morgan fingerprint density at radius 2 is 1.86 bits per heavy atom. The lowest BCUT2D eigenvalue weighted by atomic mass is 10.1. The van der Waals surface area contributed by atoms with Gasteiger partial charge >= 0.3 is 0 Å². The van der Waals surface area contributed by atoms with Gasteiger partial charge in [-0.3, -0.25) is 4.79 Å². The average Bonchev–Trinajstić information content (AvgIpc) is 2.93. The van der Waals surface area contributed by atoms with Gasteiger partial charge in [0.1, 0.15) is 17.1 Å². The molecule has 2 aromatic carbocycles. The predicted molar refractivity (Wildman–Crippen MR) is 86.8 cm³/mol. The average molecular weight is 290 g/mol. The van der Waals surface area contributed by atoms with Gasteiger partial charge in [0, 0.05) is 5.56 Å². The first-order valence-corrected chi connectivity index (χ1v) is 7.27. The van der Waals surface area contributed by atoms with E-state index in [-0.39, 0.29) is 11.2 Å². The molecule has 22 heavy (non-hydrogen) atoms. The minimum atomic E-state index is -0.0383. The van der Waals surface area contributed by atoms with Gasteiger partial charge in [0.2, 0.25) is 0 Å². The van der Waals surface area contributed by atoms with Gasteiger partial charge in [0.25, 0.3) is 0 Å². The molecule has 0 saturated carbocycles. The van der Waals surface area contributed by atoms with Gasteiger partial charge in [-0.05, 0) is 48.3 Å². The van der Waals surface area contributed by atoms with Gasteiger partial charge in [-0.1, -0.05) is 30.3 Å². The second kappa shape index (κ2) is 4.88. The Balaban J connectivity index is 1.92. The Labute approximate surface area is 127 Å². The summed E-state index contributed by atoms with van der Waals surface area (Å²) in [6.45, 7) is 0. The zero-order valence-electron chi connectivity index (χ0n) is 11.9. The quantitative estimate of drug-likeness (QED) is 0.737. The van der Waals surface area contributed by atoms with E-state index in [1.54, 1.807) is 6.07 Å². The summed E-state index contributed by atoms with van der Waals surface area (Å²) in [5.41, 5.74) is 3.33. The van der Waals surface area contributed by atoms with Crippen molar-refractivity contribution in [1.29, 1.82) is 0 Å². The summed E-state index contributed by atoms with van der Waals surface area (Å²) in [6.07, 6.45) is 3.55. The summed E-state index contributed by atoms with van der Waals surface area (Å²) in [6, 6.07) is 14.7. The minimum Gasteiger partial charge on any atom is -0.508 e. The number of aromatic hydroxyl groups is 1. The first kappa shape index (κ1) is 12.9. The zero-order valence-corrected chi connectivity index (χ0v) is 11.9. The Morgan fingerprint density at radius 3 is 2.68 bits per heavy atom. The standard InChI is InChI=1S/C19H14O3/c20-14-7-9-17-16(11-14)18(21)15-8-6-13(19(15)22-17)10-12-4-2-1-3-5-12/h1-5,7,9-11,20H,6,8H2/b13-10+. The number of fused-ring (bicyclic) bond motifs is 2. The lowest BCUT2D eigenvalue weighted by molar-refractivity contribution is 0.475. The largest absolute Gasteiger partial charge is 0.508 e. The lowest BCUT2D eigenvalue weighted by Gasteiger charge is -2.04. The molecule has 1 N–H and O–H groups in total. The van der Waals surface area contributed by atoms with Crippen LogP contribution < -0.4 is 5.43 Å². The summed E-state index contributed by atoms with van der Waals surface area (Å²) in [5, 5.41) is 10.0. The lowest BCUT2D eigenvalue weighted by Crippen LogP contribution is -2.08. The van der Waals surface area contributed by atoms with Crippen molar-refractivity contribution < 1.29 is 9.52 Å². The molecule has 1 aromatic heterocycles. The van der Waals surface area contributed by atoms with E-state index < -0.39 is 0 Å².